The molecular formula is C4H3I. The summed E-state index contributed by atoms with van der Waals surface area (Å²) in [6.07, 6.45) is 1.56. The summed E-state index contributed by atoms with van der Waals surface area (Å²) < 4.78 is 2.62. The quantitative estimate of drug-likeness (QED) is 0.390. The average Bonchev–Trinajstić information content (AvgIpc) is 1.41. The molecule has 0 spiro atoms. The molecule has 0 aromatic heterocycles. The predicted molar refractivity (Wildman–Crippen MR) is 32.0 cm³/mol. The van der Waals surface area contributed by atoms with Crippen LogP contribution in [0, 0.1) is 9.85 Å². The molecule has 0 saturated carbocycles. The van der Waals surface area contributed by atoms with Gasteiger partial charge in [0.25, 0.3) is 0 Å². The summed E-state index contributed by atoms with van der Waals surface area (Å²) in [7, 11) is 0. The average molecular weight is 178 g/mol. The molecule has 0 radical (unpaired) electrons. The van der Waals surface area contributed by atoms with Crippen LogP contribution in [-0.4, -0.2) is 0 Å². The molecule has 0 atom stereocenters. The van der Waals surface area contributed by atoms with Gasteiger partial charge in [0.2, 0.25) is 0 Å². The standard InChI is InChI=1S/C4H3I/c1-2-3-4-5/h2H,1H2. The van der Waals surface area contributed by atoms with E-state index in [9.17, 15) is 0 Å². The van der Waals surface area contributed by atoms with Crippen LogP contribution in [0.5, 0.6) is 0 Å². The van der Waals surface area contributed by atoms with Crippen molar-refractivity contribution < 1.29 is 0 Å². The molecule has 0 rings (SSSR count). The van der Waals surface area contributed by atoms with Crippen molar-refractivity contribution in [1.29, 1.82) is 0 Å². The topological polar surface area (TPSA) is 0 Å². The molecule has 0 bridgehead atoms. The summed E-state index contributed by atoms with van der Waals surface area (Å²) in [4.78, 5) is 0. The van der Waals surface area contributed by atoms with Crippen molar-refractivity contribution in [2.24, 2.45) is 0 Å². The van der Waals surface area contributed by atoms with Gasteiger partial charge in [0.1, 0.15) is 0 Å². The van der Waals surface area contributed by atoms with E-state index in [0.29, 0.717) is 0 Å². The largest absolute Gasteiger partial charge is 0.0906 e. The second kappa shape index (κ2) is 4.03. The van der Waals surface area contributed by atoms with E-state index >= 15 is 0 Å². The van der Waals surface area contributed by atoms with Crippen LogP contribution >= 0.6 is 22.6 Å². The number of allylic oxidation sites excluding steroid dienone is 1. The van der Waals surface area contributed by atoms with E-state index in [1.54, 1.807) is 6.08 Å². The van der Waals surface area contributed by atoms with Gasteiger partial charge < -0.3 is 0 Å². The van der Waals surface area contributed by atoms with Gasteiger partial charge in [0, 0.05) is 22.6 Å². The van der Waals surface area contributed by atoms with Crippen LogP contribution in [0.1, 0.15) is 0 Å². The molecule has 0 N–H and O–H groups in total. The van der Waals surface area contributed by atoms with Crippen molar-refractivity contribution in [3.05, 3.63) is 12.7 Å². The summed E-state index contributed by atoms with van der Waals surface area (Å²) in [5.74, 6) is 2.61. The van der Waals surface area contributed by atoms with Gasteiger partial charge in [-0.2, -0.15) is 0 Å². The molecule has 26 valence electrons. The number of halogens is 1. The Morgan fingerprint density at radius 2 is 2.40 bits per heavy atom. The second-order valence-electron chi connectivity index (χ2n) is 0.443. The zero-order valence-corrected chi connectivity index (χ0v) is 4.82. The van der Waals surface area contributed by atoms with Crippen LogP contribution in [0.4, 0.5) is 0 Å². The fourth-order valence-electron chi connectivity index (χ4n) is 0.0386. The number of hydrogen-bond acceptors (Lipinski definition) is 0. The van der Waals surface area contributed by atoms with Crippen molar-refractivity contribution in [3.63, 3.8) is 0 Å². The first kappa shape index (κ1) is 5.03. The van der Waals surface area contributed by atoms with Crippen LogP contribution in [0.2, 0.25) is 0 Å². The Morgan fingerprint density at radius 1 is 1.80 bits per heavy atom. The smallest absolute Gasteiger partial charge is 0.0185 e. The summed E-state index contributed by atoms with van der Waals surface area (Å²) in [6.45, 7) is 3.37. The van der Waals surface area contributed by atoms with Gasteiger partial charge in [0.05, 0.1) is 0 Å². The third-order valence-electron chi connectivity index (χ3n) is 0.157. The minimum Gasteiger partial charge on any atom is -0.0906 e. The Hall–Kier alpha value is 0.0300. The van der Waals surface area contributed by atoms with E-state index < -0.39 is 0 Å². The zero-order chi connectivity index (χ0) is 4.12. The third-order valence-corrected chi connectivity index (χ3v) is 0.468. The van der Waals surface area contributed by atoms with Crippen molar-refractivity contribution in [3.8, 4) is 9.85 Å². The third kappa shape index (κ3) is 4.03. The SMILES string of the molecule is C=CC#CI. The first-order chi connectivity index (χ1) is 2.41. The molecule has 5 heavy (non-hydrogen) atoms. The Morgan fingerprint density at radius 3 is 2.40 bits per heavy atom. The normalized spacial score (nSPS) is 4.20. The minimum absolute atomic E-state index is 1.56. The van der Waals surface area contributed by atoms with Crippen molar-refractivity contribution in [1.82, 2.24) is 0 Å². The van der Waals surface area contributed by atoms with Crippen molar-refractivity contribution >= 4 is 22.6 Å². The Labute approximate surface area is 45.4 Å². The number of rotatable bonds is 0. The molecule has 1 heteroatoms. The lowest BCUT2D eigenvalue weighted by molar-refractivity contribution is 2.34. The van der Waals surface area contributed by atoms with Crippen LogP contribution in [0.3, 0.4) is 0 Å². The lowest BCUT2D eigenvalue weighted by Gasteiger charge is -1.45. The van der Waals surface area contributed by atoms with Gasteiger partial charge in [-0.25, -0.2) is 0 Å². The lowest BCUT2D eigenvalue weighted by atomic mass is 10.7. The molecule has 0 aromatic rings. The van der Waals surface area contributed by atoms with Gasteiger partial charge in [-0.3, -0.25) is 0 Å². The Bertz CT molecular complexity index is 73.4. The highest BCUT2D eigenvalue weighted by Gasteiger charge is 1.38. The van der Waals surface area contributed by atoms with E-state index in [0.717, 1.165) is 0 Å². The van der Waals surface area contributed by atoms with Gasteiger partial charge in [0.15, 0.2) is 0 Å². The van der Waals surface area contributed by atoms with Gasteiger partial charge in [-0.1, -0.05) is 12.5 Å². The molecule has 0 aliphatic rings. The second-order valence-corrected chi connectivity index (χ2v) is 0.982. The highest BCUT2D eigenvalue weighted by molar-refractivity contribution is 14.1. The Kier molecular flexibility index (Phi) is 4.05. The molecule has 0 amide bonds. The van der Waals surface area contributed by atoms with Crippen LogP contribution in [-0.2, 0) is 0 Å². The van der Waals surface area contributed by atoms with E-state index in [1.165, 1.54) is 0 Å². The van der Waals surface area contributed by atoms with E-state index in [2.05, 4.69) is 16.4 Å². The van der Waals surface area contributed by atoms with E-state index in [1.807, 2.05) is 22.6 Å². The first-order valence-electron chi connectivity index (χ1n) is 1.14. The molecule has 0 aromatic carbocycles. The van der Waals surface area contributed by atoms with Gasteiger partial charge in [-0.15, -0.1) is 0 Å². The molecule has 0 unspecified atom stereocenters. The molecule has 0 aliphatic heterocycles. The molecule has 0 fully saturated rings. The molecule has 0 heterocycles. The highest BCUT2D eigenvalue weighted by atomic mass is 127. The maximum atomic E-state index is 3.37. The van der Waals surface area contributed by atoms with E-state index in [4.69, 9.17) is 0 Å². The first-order valence-corrected chi connectivity index (χ1v) is 2.21. The summed E-state index contributed by atoms with van der Waals surface area (Å²) in [5, 5.41) is 0. The van der Waals surface area contributed by atoms with E-state index in [-0.39, 0.29) is 0 Å². The van der Waals surface area contributed by atoms with Crippen LogP contribution < -0.4 is 0 Å². The van der Waals surface area contributed by atoms with Crippen LogP contribution in [0.15, 0.2) is 12.7 Å². The fraction of sp³-hybridized carbons (Fsp3) is 0. The Balaban J connectivity index is 3.16. The van der Waals surface area contributed by atoms with Gasteiger partial charge in [-0.05, 0) is 10.0 Å². The van der Waals surface area contributed by atoms with Crippen LogP contribution in [0.25, 0.3) is 0 Å². The highest BCUT2D eigenvalue weighted by Crippen LogP contribution is 1.67. The number of hydrogen-bond donors (Lipinski definition) is 0. The maximum absolute atomic E-state index is 3.37. The predicted octanol–water partition coefficient (Wildman–Crippen LogP) is 1.57. The minimum atomic E-state index is 1.56. The summed E-state index contributed by atoms with van der Waals surface area (Å²) in [5.41, 5.74) is 0. The summed E-state index contributed by atoms with van der Waals surface area (Å²) in [6, 6.07) is 0. The maximum Gasteiger partial charge on any atom is 0.0185 e. The van der Waals surface area contributed by atoms with Crippen molar-refractivity contribution in [2.45, 2.75) is 0 Å². The fourth-order valence-corrected chi connectivity index (χ4v) is 0.259. The summed E-state index contributed by atoms with van der Waals surface area (Å²) >= 11 is 1.96. The van der Waals surface area contributed by atoms with Gasteiger partial charge >= 0.3 is 0 Å². The molecule has 0 saturated heterocycles. The zero-order valence-electron chi connectivity index (χ0n) is 2.66. The molecule has 0 aliphatic carbocycles. The lowest BCUT2D eigenvalue weighted by Crippen LogP contribution is -1.30. The monoisotopic (exact) mass is 178 g/mol. The van der Waals surface area contributed by atoms with Crippen molar-refractivity contribution in [2.75, 3.05) is 0 Å². The molecule has 0 nitrogen and oxygen atoms in total. The molecular weight excluding hydrogens is 175 g/mol.